The first-order valence-electron chi connectivity index (χ1n) is 10.5. The van der Waals surface area contributed by atoms with E-state index >= 15 is 0 Å². The fourth-order valence-corrected chi connectivity index (χ4v) is 4.88. The molecule has 1 heterocycles. The van der Waals surface area contributed by atoms with E-state index in [-0.39, 0.29) is 5.91 Å². The number of amides is 1. The fourth-order valence-electron chi connectivity index (χ4n) is 4.88. The second-order valence-corrected chi connectivity index (χ2v) is 8.27. The summed E-state index contributed by atoms with van der Waals surface area (Å²) in [5, 5.41) is 6.62. The third kappa shape index (κ3) is 5.11. The van der Waals surface area contributed by atoms with Gasteiger partial charge in [-0.2, -0.15) is 0 Å². The predicted molar refractivity (Wildman–Crippen MR) is 103 cm³/mol. The second-order valence-electron chi connectivity index (χ2n) is 8.27. The highest BCUT2D eigenvalue weighted by atomic mass is 16.1. The molecule has 1 amide bonds. The lowest BCUT2D eigenvalue weighted by atomic mass is 9.86. The molecule has 2 N–H and O–H groups in total. The van der Waals surface area contributed by atoms with Crippen LogP contribution in [0.1, 0.15) is 77.6 Å². The predicted octanol–water partition coefficient (Wildman–Crippen LogP) is 3.06. The summed E-state index contributed by atoms with van der Waals surface area (Å²) in [7, 11) is 0. The van der Waals surface area contributed by atoms with Gasteiger partial charge in [0.15, 0.2) is 5.96 Å². The summed E-state index contributed by atoms with van der Waals surface area (Å²) in [6, 6.07) is 0.402. The van der Waals surface area contributed by atoms with Crippen molar-refractivity contribution >= 4 is 11.9 Å². The summed E-state index contributed by atoms with van der Waals surface area (Å²) in [5.41, 5.74) is 0.550. The van der Waals surface area contributed by atoms with Crippen molar-refractivity contribution in [1.82, 2.24) is 15.5 Å². The van der Waals surface area contributed by atoms with Crippen LogP contribution in [0.25, 0.3) is 0 Å². The van der Waals surface area contributed by atoms with Crippen molar-refractivity contribution < 1.29 is 4.79 Å². The number of rotatable bonds is 5. The van der Waals surface area contributed by atoms with Gasteiger partial charge in [0.1, 0.15) is 0 Å². The van der Waals surface area contributed by atoms with Crippen LogP contribution >= 0.6 is 0 Å². The molecule has 1 saturated heterocycles. The summed E-state index contributed by atoms with van der Waals surface area (Å²) in [5.74, 6) is 1.18. The zero-order chi connectivity index (χ0) is 17.5. The van der Waals surface area contributed by atoms with Crippen LogP contribution in [0.2, 0.25) is 0 Å². The molecule has 0 radical (unpaired) electrons. The van der Waals surface area contributed by atoms with E-state index in [4.69, 9.17) is 4.99 Å². The number of guanidine groups is 1. The van der Waals surface area contributed by atoms with Gasteiger partial charge in [-0.15, -0.1) is 0 Å². The van der Waals surface area contributed by atoms with Crippen LogP contribution < -0.4 is 10.6 Å². The molecule has 25 heavy (non-hydrogen) atoms. The Morgan fingerprint density at radius 1 is 1.12 bits per heavy atom. The van der Waals surface area contributed by atoms with Gasteiger partial charge in [0.2, 0.25) is 5.91 Å². The minimum atomic E-state index is 0.167. The van der Waals surface area contributed by atoms with E-state index in [9.17, 15) is 4.79 Å². The van der Waals surface area contributed by atoms with Gasteiger partial charge in [-0.25, -0.2) is 0 Å². The lowest BCUT2D eigenvalue weighted by Gasteiger charge is -2.26. The Morgan fingerprint density at radius 3 is 2.60 bits per heavy atom. The lowest BCUT2D eigenvalue weighted by Crippen LogP contribution is -2.41. The van der Waals surface area contributed by atoms with Gasteiger partial charge >= 0.3 is 0 Å². The van der Waals surface area contributed by atoms with Crippen molar-refractivity contribution in [3.63, 3.8) is 0 Å². The zero-order valence-electron chi connectivity index (χ0n) is 16.0. The summed E-state index contributed by atoms with van der Waals surface area (Å²) in [6.07, 6.45) is 13.5. The number of likely N-dealkylation sites (tertiary alicyclic amines) is 1. The Bertz CT molecular complexity index is 464. The second kappa shape index (κ2) is 8.91. The summed E-state index contributed by atoms with van der Waals surface area (Å²) < 4.78 is 0. The van der Waals surface area contributed by atoms with E-state index in [0.29, 0.717) is 24.4 Å². The van der Waals surface area contributed by atoms with Gasteiger partial charge in [-0.3, -0.25) is 9.79 Å². The molecule has 0 unspecified atom stereocenters. The van der Waals surface area contributed by atoms with E-state index in [1.807, 2.05) is 0 Å². The average molecular weight is 349 g/mol. The highest BCUT2D eigenvalue weighted by Gasteiger charge is 2.41. The molecular weight excluding hydrogens is 312 g/mol. The maximum absolute atomic E-state index is 12.2. The minimum Gasteiger partial charge on any atom is -0.357 e. The average Bonchev–Trinajstić information content (AvgIpc) is 3.25. The normalized spacial score (nSPS) is 24.0. The highest BCUT2D eigenvalue weighted by Crippen LogP contribution is 2.45. The Labute approximate surface area is 153 Å². The zero-order valence-corrected chi connectivity index (χ0v) is 16.0. The topological polar surface area (TPSA) is 56.7 Å². The van der Waals surface area contributed by atoms with Crippen molar-refractivity contribution in [3.8, 4) is 0 Å². The molecule has 3 fully saturated rings. The van der Waals surface area contributed by atoms with Gasteiger partial charge in [-0.05, 0) is 44.4 Å². The molecule has 0 atom stereocenters. The molecule has 3 aliphatic rings. The maximum atomic E-state index is 12.2. The Balaban J connectivity index is 1.46. The first-order chi connectivity index (χ1) is 12.2. The van der Waals surface area contributed by atoms with Crippen molar-refractivity contribution in [2.45, 2.75) is 83.6 Å². The largest absolute Gasteiger partial charge is 0.357 e. The van der Waals surface area contributed by atoms with Crippen LogP contribution in [0.5, 0.6) is 0 Å². The molecule has 5 nitrogen and oxygen atoms in total. The number of aliphatic imine (C=N–C) groups is 1. The molecule has 142 valence electrons. The SMILES string of the molecule is CCNC(=NCCC(=O)NC1CCCCC1)N1CCC2(CCCC2)C1. The summed E-state index contributed by atoms with van der Waals surface area (Å²) in [6.45, 7) is 5.85. The smallest absolute Gasteiger partial charge is 0.222 e. The first kappa shape index (κ1) is 18.5. The third-order valence-electron chi connectivity index (χ3n) is 6.31. The van der Waals surface area contributed by atoms with E-state index in [2.05, 4.69) is 22.5 Å². The molecular formula is C20H36N4O. The Morgan fingerprint density at radius 2 is 1.88 bits per heavy atom. The van der Waals surface area contributed by atoms with E-state index < -0.39 is 0 Å². The third-order valence-corrected chi connectivity index (χ3v) is 6.31. The number of carbonyl (C=O) groups is 1. The fraction of sp³-hybridized carbons (Fsp3) is 0.900. The van der Waals surface area contributed by atoms with Crippen LogP contribution in [-0.2, 0) is 4.79 Å². The van der Waals surface area contributed by atoms with Crippen LogP contribution in [0.15, 0.2) is 4.99 Å². The molecule has 2 aliphatic carbocycles. The lowest BCUT2D eigenvalue weighted by molar-refractivity contribution is -0.121. The van der Waals surface area contributed by atoms with Crippen LogP contribution in [0.3, 0.4) is 0 Å². The van der Waals surface area contributed by atoms with Gasteiger partial charge in [0.05, 0.1) is 6.54 Å². The molecule has 0 aromatic carbocycles. The maximum Gasteiger partial charge on any atom is 0.222 e. The molecule has 0 aromatic rings. The number of nitrogens with one attached hydrogen (secondary N) is 2. The standard InChI is InChI=1S/C20H36N4O/c1-2-21-19(24-15-13-20(16-24)11-6-7-12-20)22-14-10-18(25)23-17-8-4-3-5-9-17/h17H,2-16H2,1H3,(H,21,22)(H,23,25). The van der Waals surface area contributed by atoms with Gasteiger partial charge in [-0.1, -0.05) is 32.1 Å². The molecule has 1 spiro atoms. The van der Waals surface area contributed by atoms with Crippen LogP contribution in [0.4, 0.5) is 0 Å². The van der Waals surface area contributed by atoms with Gasteiger partial charge < -0.3 is 15.5 Å². The van der Waals surface area contributed by atoms with E-state index in [1.165, 1.54) is 51.4 Å². The first-order valence-corrected chi connectivity index (χ1v) is 10.5. The van der Waals surface area contributed by atoms with Crippen molar-refractivity contribution in [2.24, 2.45) is 10.4 Å². The highest BCUT2D eigenvalue weighted by molar-refractivity contribution is 5.81. The van der Waals surface area contributed by atoms with Gasteiger partial charge in [0.25, 0.3) is 0 Å². The minimum absolute atomic E-state index is 0.167. The number of carbonyl (C=O) groups excluding carboxylic acids is 1. The molecule has 2 saturated carbocycles. The molecule has 5 heteroatoms. The Kier molecular flexibility index (Phi) is 6.60. The molecule has 1 aliphatic heterocycles. The number of hydrogen-bond acceptors (Lipinski definition) is 2. The van der Waals surface area contributed by atoms with Crippen molar-refractivity contribution in [1.29, 1.82) is 0 Å². The van der Waals surface area contributed by atoms with Crippen LogP contribution in [0, 0.1) is 5.41 Å². The van der Waals surface area contributed by atoms with Gasteiger partial charge in [0, 0.05) is 32.1 Å². The number of hydrogen-bond donors (Lipinski definition) is 2. The molecule has 3 rings (SSSR count). The van der Waals surface area contributed by atoms with E-state index in [0.717, 1.165) is 38.4 Å². The van der Waals surface area contributed by atoms with E-state index in [1.54, 1.807) is 0 Å². The van der Waals surface area contributed by atoms with Crippen molar-refractivity contribution in [3.05, 3.63) is 0 Å². The monoisotopic (exact) mass is 348 g/mol. The molecule has 0 bridgehead atoms. The molecule has 0 aromatic heterocycles. The Hall–Kier alpha value is -1.26. The number of nitrogens with zero attached hydrogens (tertiary/aromatic N) is 2. The quantitative estimate of drug-likeness (QED) is 0.593. The van der Waals surface area contributed by atoms with Crippen LogP contribution in [-0.4, -0.2) is 49.0 Å². The summed E-state index contributed by atoms with van der Waals surface area (Å²) in [4.78, 5) is 19.3. The summed E-state index contributed by atoms with van der Waals surface area (Å²) >= 11 is 0. The van der Waals surface area contributed by atoms with Crippen molar-refractivity contribution in [2.75, 3.05) is 26.2 Å².